The molecular weight excluding hydrogens is 418 g/mol. The summed E-state index contributed by atoms with van der Waals surface area (Å²) in [5.41, 5.74) is -5.33. The molecule has 160 valence electrons. The number of carbonyl (C=O) groups excluding carboxylic acids is 2. The minimum Gasteiger partial charge on any atom is -0.366 e. The highest BCUT2D eigenvalue weighted by Crippen LogP contribution is 2.45. The molecule has 1 aliphatic heterocycles. The predicted octanol–water partition coefficient (Wildman–Crippen LogP) is 3.65. The number of carbonyl (C=O) groups is 2. The number of nitrogens with one attached hydrogen (secondary N) is 2. The largest absolute Gasteiger partial charge is 0.450 e. The number of amides is 2. The number of hydrogen-bond donors (Lipinski definition) is 3. The highest BCUT2D eigenvalue weighted by atomic mass is 19.4. The van der Waals surface area contributed by atoms with Crippen LogP contribution in [-0.2, 0) is 16.7 Å². The van der Waals surface area contributed by atoms with Gasteiger partial charge in [-0.3, -0.25) is 4.79 Å². The second kappa shape index (κ2) is 7.31. The number of Topliss-reactive ketones (excluding diaryl/α,β-unsaturated/α-hetero) is 1. The van der Waals surface area contributed by atoms with Gasteiger partial charge in [0.1, 0.15) is 5.92 Å². The van der Waals surface area contributed by atoms with Crippen LogP contribution in [0.5, 0.6) is 0 Å². The van der Waals surface area contributed by atoms with Gasteiger partial charge in [0.2, 0.25) is 5.78 Å². The Bertz CT molecular complexity index is 961. The lowest BCUT2D eigenvalue weighted by molar-refractivity contribution is -0.190. The van der Waals surface area contributed by atoms with Crippen molar-refractivity contribution < 1.29 is 41.0 Å². The average molecular weight is 432 g/mol. The van der Waals surface area contributed by atoms with Crippen LogP contribution >= 0.6 is 0 Å². The van der Waals surface area contributed by atoms with Crippen LogP contribution in [0.1, 0.15) is 22.7 Å². The number of rotatable bonds is 3. The molecule has 0 bridgehead atoms. The van der Waals surface area contributed by atoms with Crippen molar-refractivity contribution in [2.24, 2.45) is 5.92 Å². The highest BCUT2D eigenvalue weighted by Gasteiger charge is 2.60. The summed E-state index contributed by atoms with van der Waals surface area (Å²) in [6.07, 6.45) is -10.5. The molecule has 0 saturated carbocycles. The molecule has 3 unspecified atom stereocenters. The molecule has 2 amide bonds. The minimum absolute atomic E-state index is 0.295. The molecule has 1 heterocycles. The molecule has 5 nitrogen and oxygen atoms in total. The van der Waals surface area contributed by atoms with Crippen molar-refractivity contribution in [1.29, 1.82) is 0 Å². The molecule has 0 aromatic heterocycles. The third-order valence-electron chi connectivity index (χ3n) is 4.75. The standard InChI is InChI=1S/C19H14F6N2O3/c20-18(21,22)12-9-5-4-8-11(12)14-13(15(28)19(23,24)25)17(30,27-16(29)26-14)10-6-2-1-3-7-10/h1-9,13-14,30H,(H2,26,27,29). The van der Waals surface area contributed by atoms with Gasteiger partial charge in [-0.25, -0.2) is 4.79 Å². The summed E-state index contributed by atoms with van der Waals surface area (Å²) in [7, 11) is 0. The van der Waals surface area contributed by atoms with Crippen LogP contribution < -0.4 is 10.6 Å². The molecule has 0 aliphatic carbocycles. The first-order valence-corrected chi connectivity index (χ1v) is 8.49. The second-order valence-corrected chi connectivity index (χ2v) is 6.63. The summed E-state index contributed by atoms with van der Waals surface area (Å²) < 4.78 is 80.6. The van der Waals surface area contributed by atoms with E-state index in [2.05, 4.69) is 0 Å². The Kier molecular flexibility index (Phi) is 5.27. The second-order valence-electron chi connectivity index (χ2n) is 6.63. The quantitative estimate of drug-likeness (QED) is 0.648. The van der Waals surface area contributed by atoms with Gasteiger partial charge in [0, 0.05) is 5.56 Å². The topological polar surface area (TPSA) is 78.4 Å². The molecule has 2 aromatic rings. The lowest BCUT2D eigenvalue weighted by atomic mass is 9.75. The van der Waals surface area contributed by atoms with Crippen molar-refractivity contribution in [3.63, 3.8) is 0 Å². The molecule has 2 aromatic carbocycles. The maximum atomic E-state index is 13.5. The van der Waals surface area contributed by atoms with E-state index in [1.54, 1.807) is 0 Å². The van der Waals surface area contributed by atoms with Crippen LogP contribution in [0.3, 0.4) is 0 Å². The van der Waals surface area contributed by atoms with Crippen LogP contribution in [-0.4, -0.2) is 23.1 Å². The van der Waals surface area contributed by atoms with Gasteiger partial charge in [0.25, 0.3) is 0 Å². The zero-order chi connectivity index (χ0) is 22.3. The van der Waals surface area contributed by atoms with Gasteiger partial charge in [-0.05, 0) is 11.6 Å². The molecule has 0 spiro atoms. The van der Waals surface area contributed by atoms with Crippen molar-refractivity contribution in [3.8, 4) is 0 Å². The van der Waals surface area contributed by atoms with E-state index in [0.717, 1.165) is 30.3 Å². The average Bonchev–Trinajstić information content (AvgIpc) is 2.66. The third-order valence-corrected chi connectivity index (χ3v) is 4.75. The monoisotopic (exact) mass is 432 g/mol. The van der Waals surface area contributed by atoms with Gasteiger partial charge in [-0.15, -0.1) is 0 Å². The van der Waals surface area contributed by atoms with Gasteiger partial charge >= 0.3 is 18.4 Å². The summed E-state index contributed by atoms with van der Waals surface area (Å²) >= 11 is 0. The Morgan fingerprint density at radius 2 is 1.50 bits per heavy atom. The van der Waals surface area contributed by atoms with Crippen LogP contribution in [0.4, 0.5) is 31.1 Å². The minimum atomic E-state index is -5.50. The van der Waals surface area contributed by atoms with E-state index in [1.165, 1.54) is 18.2 Å². The smallest absolute Gasteiger partial charge is 0.366 e. The molecule has 1 fully saturated rings. The maximum Gasteiger partial charge on any atom is 0.450 e. The fourth-order valence-corrected chi connectivity index (χ4v) is 3.50. The van der Waals surface area contributed by atoms with E-state index in [9.17, 15) is 41.0 Å². The number of halogens is 6. The van der Waals surface area contributed by atoms with E-state index in [4.69, 9.17) is 0 Å². The first-order valence-electron chi connectivity index (χ1n) is 8.49. The molecular formula is C19H14F6N2O3. The number of urea groups is 1. The Balaban J connectivity index is 2.26. The normalized spacial score (nSPS) is 24.7. The summed E-state index contributed by atoms with van der Waals surface area (Å²) in [5, 5.41) is 14.9. The lowest BCUT2D eigenvalue weighted by Crippen LogP contribution is -2.66. The molecule has 1 saturated heterocycles. The fourth-order valence-electron chi connectivity index (χ4n) is 3.50. The van der Waals surface area contributed by atoms with Gasteiger partial charge in [-0.2, -0.15) is 26.3 Å². The molecule has 1 aliphatic rings. The van der Waals surface area contributed by atoms with Gasteiger partial charge in [0.05, 0.1) is 11.6 Å². The van der Waals surface area contributed by atoms with Crippen LogP contribution in [0, 0.1) is 5.92 Å². The summed E-state index contributed by atoms with van der Waals surface area (Å²) in [5.74, 6) is -5.04. The van der Waals surface area contributed by atoms with Crippen molar-refractivity contribution in [3.05, 3.63) is 71.3 Å². The number of aliphatic hydroxyl groups is 1. The zero-order valence-electron chi connectivity index (χ0n) is 14.9. The van der Waals surface area contributed by atoms with Crippen molar-refractivity contribution in [2.75, 3.05) is 0 Å². The summed E-state index contributed by atoms with van der Waals surface area (Å²) in [6.45, 7) is 0. The van der Waals surface area contributed by atoms with E-state index in [1.807, 2.05) is 10.6 Å². The summed E-state index contributed by atoms with van der Waals surface area (Å²) in [6, 6.07) is 6.66. The molecule has 3 atom stereocenters. The van der Waals surface area contributed by atoms with Crippen LogP contribution in [0.25, 0.3) is 0 Å². The first kappa shape index (κ1) is 21.6. The Morgan fingerprint density at radius 1 is 0.933 bits per heavy atom. The van der Waals surface area contributed by atoms with Gasteiger partial charge < -0.3 is 15.7 Å². The highest BCUT2D eigenvalue weighted by molar-refractivity contribution is 5.91. The van der Waals surface area contributed by atoms with E-state index >= 15 is 0 Å². The van der Waals surface area contributed by atoms with Gasteiger partial charge in [0.15, 0.2) is 5.72 Å². The third kappa shape index (κ3) is 3.84. The lowest BCUT2D eigenvalue weighted by Gasteiger charge is -2.45. The number of hydrogen-bond acceptors (Lipinski definition) is 3. The first-order chi connectivity index (χ1) is 13.9. The number of alkyl halides is 6. The zero-order valence-corrected chi connectivity index (χ0v) is 14.9. The van der Waals surface area contributed by atoms with Crippen molar-refractivity contribution in [1.82, 2.24) is 10.6 Å². The van der Waals surface area contributed by atoms with Crippen LogP contribution in [0.15, 0.2) is 54.6 Å². The Hall–Kier alpha value is -3.08. The van der Waals surface area contributed by atoms with E-state index < -0.39 is 53.0 Å². The number of ketones is 1. The maximum absolute atomic E-state index is 13.5. The van der Waals surface area contributed by atoms with Crippen molar-refractivity contribution in [2.45, 2.75) is 24.1 Å². The molecule has 3 rings (SSSR count). The van der Waals surface area contributed by atoms with Gasteiger partial charge in [-0.1, -0.05) is 48.5 Å². The predicted molar refractivity (Wildman–Crippen MR) is 90.7 cm³/mol. The fraction of sp³-hybridized carbons (Fsp3) is 0.263. The Labute approximate surface area is 165 Å². The number of benzene rings is 2. The Morgan fingerprint density at radius 3 is 2.07 bits per heavy atom. The summed E-state index contributed by atoms with van der Waals surface area (Å²) in [4.78, 5) is 24.5. The van der Waals surface area contributed by atoms with E-state index in [-0.39, 0.29) is 5.56 Å². The molecule has 30 heavy (non-hydrogen) atoms. The van der Waals surface area contributed by atoms with E-state index in [0.29, 0.717) is 6.07 Å². The molecule has 0 radical (unpaired) electrons. The van der Waals surface area contributed by atoms with Crippen LogP contribution in [0.2, 0.25) is 0 Å². The SMILES string of the molecule is O=C1NC(c2ccccc2C(F)(F)F)C(C(=O)C(F)(F)F)C(O)(c2ccccc2)N1. The molecule has 11 heteroatoms. The van der Waals surface area contributed by atoms with Crippen molar-refractivity contribution >= 4 is 11.8 Å². The molecule has 3 N–H and O–H groups in total.